The molecule has 5 nitrogen and oxygen atoms in total. The smallest absolute Gasteiger partial charge is 0.359 e. The Kier molecular flexibility index (Phi) is 6.33. The van der Waals surface area contributed by atoms with Crippen LogP contribution in [0.25, 0.3) is 0 Å². The van der Waals surface area contributed by atoms with Crippen molar-refractivity contribution < 1.29 is 14.3 Å². The molecule has 0 aliphatic carbocycles. The zero-order valence-electron chi connectivity index (χ0n) is 10.5. The van der Waals surface area contributed by atoms with Gasteiger partial charge in [0.2, 0.25) is 0 Å². The Hall–Kier alpha value is -0.750. The van der Waals surface area contributed by atoms with Gasteiger partial charge in [0.05, 0.1) is 15.1 Å². The zero-order valence-corrected chi connectivity index (χ0v) is 13.5. The van der Waals surface area contributed by atoms with Crippen molar-refractivity contribution in [2.45, 2.75) is 19.9 Å². The van der Waals surface area contributed by atoms with E-state index in [1.165, 1.54) is 0 Å². The van der Waals surface area contributed by atoms with Crippen LogP contribution in [-0.4, -0.2) is 29.5 Å². The number of hydrogen-bond donors (Lipinski definition) is 1. The molecule has 1 heterocycles. The lowest BCUT2D eigenvalue weighted by Crippen LogP contribution is -2.34. The maximum absolute atomic E-state index is 11.8. The van der Waals surface area contributed by atoms with E-state index < -0.39 is 18.5 Å². The van der Waals surface area contributed by atoms with Crippen molar-refractivity contribution in [3.05, 3.63) is 25.9 Å². The van der Waals surface area contributed by atoms with Crippen molar-refractivity contribution >= 4 is 58.3 Å². The van der Waals surface area contributed by atoms with Gasteiger partial charge in [-0.25, -0.2) is 9.78 Å². The van der Waals surface area contributed by atoms with Crippen LogP contribution in [0.1, 0.15) is 24.3 Å². The first-order valence-corrected chi connectivity index (χ1v) is 6.91. The predicted octanol–water partition coefficient (Wildman–Crippen LogP) is 3.38. The predicted molar refractivity (Wildman–Crippen MR) is 77.8 cm³/mol. The molecule has 0 bridgehead atoms. The highest BCUT2D eigenvalue weighted by Gasteiger charge is 2.22. The number of halogens is 4. The normalized spacial score (nSPS) is 10.6. The van der Waals surface area contributed by atoms with Gasteiger partial charge < -0.3 is 10.1 Å². The summed E-state index contributed by atoms with van der Waals surface area (Å²) < 4.78 is 4.76. The highest BCUT2D eigenvalue weighted by atomic mass is 35.5. The molecule has 1 aromatic rings. The van der Waals surface area contributed by atoms with Crippen LogP contribution < -0.4 is 5.32 Å². The second-order valence-corrected chi connectivity index (χ2v) is 5.48. The molecule has 0 atom stereocenters. The van der Waals surface area contributed by atoms with Crippen molar-refractivity contribution in [2.75, 3.05) is 6.61 Å². The maximum Gasteiger partial charge on any atom is 0.359 e. The molecule has 0 unspecified atom stereocenters. The quantitative estimate of drug-likeness (QED) is 0.661. The summed E-state index contributed by atoms with van der Waals surface area (Å²) in [5.74, 6) is -1.37. The minimum atomic E-state index is -0.922. The number of hydrogen-bond acceptors (Lipinski definition) is 4. The molecule has 0 spiro atoms. The van der Waals surface area contributed by atoms with Gasteiger partial charge in [0.1, 0.15) is 5.15 Å². The van der Waals surface area contributed by atoms with Crippen LogP contribution in [0.3, 0.4) is 0 Å². The molecule has 20 heavy (non-hydrogen) atoms. The summed E-state index contributed by atoms with van der Waals surface area (Å²) in [4.78, 5) is 26.8. The fourth-order valence-electron chi connectivity index (χ4n) is 1.19. The monoisotopic (exact) mass is 358 g/mol. The van der Waals surface area contributed by atoms with Gasteiger partial charge in [-0.15, -0.1) is 0 Å². The fraction of sp³-hybridized carbons (Fsp3) is 0.364. The molecule has 0 aliphatic rings. The molecular weight excluding hydrogens is 350 g/mol. The van der Waals surface area contributed by atoms with Crippen molar-refractivity contribution in [2.24, 2.45) is 0 Å². The van der Waals surface area contributed by atoms with Gasteiger partial charge in [-0.05, 0) is 13.8 Å². The van der Waals surface area contributed by atoms with Crippen LogP contribution in [0, 0.1) is 0 Å². The van der Waals surface area contributed by atoms with Crippen LogP contribution in [0.15, 0.2) is 0 Å². The van der Waals surface area contributed by atoms with Crippen molar-refractivity contribution in [1.29, 1.82) is 0 Å². The molecule has 9 heteroatoms. The van der Waals surface area contributed by atoms with E-state index in [4.69, 9.17) is 51.1 Å². The molecule has 110 valence electrons. The lowest BCUT2D eigenvalue weighted by molar-refractivity contribution is -0.124. The summed E-state index contributed by atoms with van der Waals surface area (Å²) in [7, 11) is 0. The average molecular weight is 360 g/mol. The highest BCUT2D eigenvalue weighted by Crippen LogP contribution is 2.36. The Morgan fingerprint density at radius 2 is 1.75 bits per heavy atom. The van der Waals surface area contributed by atoms with E-state index in [1.54, 1.807) is 13.8 Å². The van der Waals surface area contributed by atoms with Gasteiger partial charge in [-0.1, -0.05) is 46.4 Å². The highest BCUT2D eigenvalue weighted by molar-refractivity contribution is 6.52. The summed E-state index contributed by atoms with van der Waals surface area (Å²) in [5.41, 5.74) is -0.302. The maximum atomic E-state index is 11.8. The molecule has 1 amide bonds. The molecular formula is C11H10Cl4N2O3. The van der Waals surface area contributed by atoms with Gasteiger partial charge >= 0.3 is 5.97 Å². The average Bonchev–Trinajstić information content (AvgIpc) is 2.37. The van der Waals surface area contributed by atoms with Crippen molar-refractivity contribution in [3.63, 3.8) is 0 Å². The number of ether oxygens (including phenoxy) is 1. The standard InChI is InChI=1S/C11H10Cl4N2O3/c1-4(2)16-5(18)3-20-11(19)9-7(13)6(12)8(14)10(15)17-9/h4H,3H2,1-2H3,(H,16,18). The van der Waals surface area contributed by atoms with Gasteiger partial charge in [0.25, 0.3) is 5.91 Å². The molecule has 1 rings (SSSR count). The number of esters is 1. The van der Waals surface area contributed by atoms with Crippen LogP contribution in [0.4, 0.5) is 0 Å². The third-order valence-corrected chi connectivity index (χ3v) is 3.64. The minimum Gasteiger partial charge on any atom is -0.451 e. The number of carbonyl (C=O) groups excluding carboxylic acids is 2. The zero-order chi connectivity index (χ0) is 15.4. The summed E-state index contributed by atoms with van der Waals surface area (Å²) >= 11 is 23.0. The van der Waals surface area contributed by atoms with E-state index in [-0.39, 0.29) is 32.0 Å². The second-order valence-electron chi connectivity index (χ2n) is 3.99. The lowest BCUT2D eigenvalue weighted by Gasteiger charge is -2.10. The van der Waals surface area contributed by atoms with Gasteiger partial charge in [0.15, 0.2) is 12.3 Å². The van der Waals surface area contributed by atoms with E-state index in [0.29, 0.717) is 0 Å². The Labute approximate surface area is 135 Å². The van der Waals surface area contributed by atoms with Crippen molar-refractivity contribution in [1.82, 2.24) is 10.3 Å². The number of aromatic nitrogens is 1. The Balaban J connectivity index is 2.81. The molecule has 0 saturated carbocycles. The molecule has 0 saturated heterocycles. The Morgan fingerprint density at radius 1 is 1.15 bits per heavy atom. The largest absolute Gasteiger partial charge is 0.451 e. The summed E-state index contributed by atoms with van der Waals surface area (Å²) in [6, 6.07) is -0.0673. The van der Waals surface area contributed by atoms with Crippen molar-refractivity contribution in [3.8, 4) is 0 Å². The van der Waals surface area contributed by atoms with Crippen LogP contribution in [-0.2, 0) is 9.53 Å². The van der Waals surface area contributed by atoms with E-state index in [1.807, 2.05) is 0 Å². The number of nitrogens with zero attached hydrogens (tertiary/aromatic N) is 1. The first-order valence-electron chi connectivity index (χ1n) is 5.40. The number of pyridine rings is 1. The summed E-state index contributed by atoms with van der Waals surface area (Å²) in [5, 5.41) is 2.02. The van der Waals surface area contributed by atoms with E-state index >= 15 is 0 Å². The molecule has 0 radical (unpaired) electrons. The molecule has 0 fully saturated rings. The SMILES string of the molecule is CC(C)NC(=O)COC(=O)c1nc(Cl)c(Cl)c(Cl)c1Cl. The van der Waals surface area contributed by atoms with E-state index in [2.05, 4.69) is 10.3 Å². The topological polar surface area (TPSA) is 68.3 Å². The lowest BCUT2D eigenvalue weighted by atomic mass is 10.3. The third-order valence-electron chi connectivity index (χ3n) is 1.96. The van der Waals surface area contributed by atoms with Gasteiger partial charge in [0, 0.05) is 6.04 Å². The number of nitrogens with one attached hydrogen (secondary N) is 1. The summed E-state index contributed by atoms with van der Waals surface area (Å²) in [6.45, 7) is 3.08. The fourth-order valence-corrected chi connectivity index (χ4v) is 1.99. The second kappa shape index (κ2) is 7.31. The number of rotatable bonds is 4. The van der Waals surface area contributed by atoms with Gasteiger partial charge in [-0.2, -0.15) is 0 Å². The van der Waals surface area contributed by atoms with Crippen LogP contribution in [0.5, 0.6) is 0 Å². The summed E-state index contributed by atoms with van der Waals surface area (Å²) in [6.07, 6.45) is 0. The minimum absolute atomic E-state index is 0.0626. The third kappa shape index (κ3) is 4.38. The van der Waals surface area contributed by atoms with E-state index in [0.717, 1.165) is 0 Å². The number of carbonyl (C=O) groups is 2. The van der Waals surface area contributed by atoms with Crippen LogP contribution >= 0.6 is 46.4 Å². The number of amides is 1. The van der Waals surface area contributed by atoms with E-state index in [9.17, 15) is 9.59 Å². The Morgan fingerprint density at radius 3 is 2.30 bits per heavy atom. The Bertz CT molecular complexity index is 549. The molecule has 0 aliphatic heterocycles. The van der Waals surface area contributed by atoms with Crippen LogP contribution in [0.2, 0.25) is 20.2 Å². The first kappa shape index (κ1) is 17.3. The molecule has 0 aromatic carbocycles. The molecule has 1 N–H and O–H groups in total. The first-order chi connectivity index (χ1) is 9.23. The van der Waals surface area contributed by atoms with Gasteiger partial charge in [-0.3, -0.25) is 4.79 Å². The molecule has 1 aromatic heterocycles.